The van der Waals surface area contributed by atoms with Crippen molar-refractivity contribution >= 4 is 17.0 Å². The quantitative estimate of drug-likeness (QED) is 0.635. The first-order chi connectivity index (χ1) is 12.2. The average molecular weight is 353 g/mol. The van der Waals surface area contributed by atoms with E-state index in [0.717, 1.165) is 41.9 Å². The number of para-hydroxylation sites is 1. The zero-order valence-electron chi connectivity index (χ0n) is 14.7. The molecule has 3 rings (SSSR count). The van der Waals surface area contributed by atoms with E-state index < -0.39 is 0 Å². The summed E-state index contributed by atoms with van der Waals surface area (Å²) < 4.78 is 1.62. The van der Waals surface area contributed by atoms with Crippen molar-refractivity contribution in [2.45, 2.75) is 33.1 Å². The summed E-state index contributed by atoms with van der Waals surface area (Å²) in [7, 11) is 0. The fraction of sp³-hybridized carbons (Fsp3) is 0.300. The number of aromatic nitrogens is 2. The first-order valence-electron chi connectivity index (χ1n) is 8.63. The Bertz CT molecular complexity index is 889. The Morgan fingerprint density at radius 1 is 1.16 bits per heavy atom. The lowest BCUT2D eigenvalue weighted by atomic mass is 10.1. The molecule has 3 aromatic rings. The summed E-state index contributed by atoms with van der Waals surface area (Å²) in [6.45, 7) is 4.76. The molecule has 0 aliphatic rings. The van der Waals surface area contributed by atoms with Gasteiger partial charge in [0.25, 0.3) is 5.56 Å². The predicted octanol–water partition coefficient (Wildman–Crippen LogP) is 4.23. The molecule has 0 unspecified atom stereocenters. The summed E-state index contributed by atoms with van der Waals surface area (Å²) in [4.78, 5) is 18.9. The standard InChI is InChI=1S/C20H23N3OS/c1-3-8-18-19(15(2)21-13-12-17-11-7-14-25-17)20(24)23(22-18)16-9-5-4-6-10-16/h4-7,9-11,14,22H,3,8,12-13H2,1-2H3. The number of nitrogens with zero attached hydrogens (tertiary/aromatic N) is 2. The molecule has 2 heterocycles. The Balaban J connectivity index is 1.91. The smallest absolute Gasteiger partial charge is 0.280 e. The van der Waals surface area contributed by atoms with Crippen molar-refractivity contribution in [3.63, 3.8) is 0 Å². The molecule has 0 amide bonds. The van der Waals surface area contributed by atoms with Crippen LogP contribution >= 0.6 is 11.3 Å². The molecule has 1 N–H and O–H groups in total. The summed E-state index contributed by atoms with van der Waals surface area (Å²) in [5.41, 5.74) is 3.33. The maximum atomic E-state index is 13.0. The number of rotatable bonds is 7. The molecule has 0 saturated carbocycles. The third kappa shape index (κ3) is 3.99. The molecule has 25 heavy (non-hydrogen) atoms. The zero-order valence-corrected chi connectivity index (χ0v) is 15.5. The van der Waals surface area contributed by atoms with Gasteiger partial charge in [0.2, 0.25) is 0 Å². The molecule has 0 bridgehead atoms. The van der Waals surface area contributed by atoms with Gasteiger partial charge in [0.1, 0.15) is 0 Å². The third-order valence-corrected chi connectivity index (χ3v) is 5.07. The molecule has 2 aromatic heterocycles. The van der Waals surface area contributed by atoms with Crippen LogP contribution in [0.15, 0.2) is 57.6 Å². The topological polar surface area (TPSA) is 50.1 Å². The van der Waals surface area contributed by atoms with E-state index in [2.05, 4.69) is 34.5 Å². The first-order valence-corrected chi connectivity index (χ1v) is 9.51. The molecule has 0 aliphatic carbocycles. The Morgan fingerprint density at radius 3 is 2.64 bits per heavy atom. The van der Waals surface area contributed by atoms with Crippen molar-refractivity contribution in [3.05, 3.63) is 74.3 Å². The van der Waals surface area contributed by atoms with Crippen molar-refractivity contribution in [2.24, 2.45) is 4.99 Å². The van der Waals surface area contributed by atoms with E-state index in [1.807, 2.05) is 37.3 Å². The zero-order chi connectivity index (χ0) is 17.6. The highest BCUT2D eigenvalue weighted by molar-refractivity contribution is 7.09. The Hall–Kier alpha value is -2.40. The Morgan fingerprint density at radius 2 is 1.96 bits per heavy atom. The van der Waals surface area contributed by atoms with E-state index in [9.17, 15) is 4.79 Å². The molecular formula is C20H23N3OS. The van der Waals surface area contributed by atoms with Gasteiger partial charge < -0.3 is 0 Å². The molecule has 1 aromatic carbocycles. The van der Waals surface area contributed by atoms with E-state index in [-0.39, 0.29) is 5.56 Å². The summed E-state index contributed by atoms with van der Waals surface area (Å²) in [6.07, 6.45) is 2.72. The second-order valence-corrected chi connectivity index (χ2v) is 7.02. The molecule has 5 heteroatoms. The van der Waals surface area contributed by atoms with Crippen LogP contribution in [0.2, 0.25) is 0 Å². The van der Waals surface area contributed by atoms with Crippen LogP contribution in [0.5, 0.6) is 0 Å². The molecule has 130 valence electrons. The van der Waals surface area contributed by atoms with Crippen molar-refractivity contribution in [3.8, 4) is 5.69 Å². The van der Waals surface area contributed by atoms with Crippen LogP contribution in [0.4, 0.5) is 0 Å². The first kappa shape index (κ1) is 17.4. The van der Waals surface area contributed by atoms with Crippen LogP contribution in [-0.4, -0.2) is 22.0 Å². The van der Waals surface area contributed by atoms with E-state index >= 15 is 0 Å². The molecule has 0 spiro atoms. The van der Waals surface area contributed by atoms with Gasteiger partial charge in [0.15, 0.2) is 0 Å². The van der Waals surface area contributed by atoms with Crippen molar-refractivity contribution < 1.29 is 0 Å². The number of aliphatic imine (C=N–C) groups is 1. The summed E-state index contributed by atoms with van der Waals surface area (Å²) in [5, 5.41) is 5.36. The fourth-order valence-corrected chi connectivity index (χ4v) is 3.61. The summed E-state index contributed by atoms with van der Waals surface area (Å²) in [6, 6.07) is 13.9. The van der Waals surface area contributed by atoms with Gasteiger partial charge in [-0.15, -0.1) is 11.3 Å². The van der Waals surface area contributed by atoms with Crippen LogP contribution in [0, 0.1) is 0 Å². The lowest BCUT2D eigenvalue weighted by Gasteiger charge is -2.01. The summed E-state index contributed by atoms with van der Waals surface area (Å²) in [5.74, 6) is 0. The highest BCUT2D eigenvalue weighted by Crippen LogP contribution is 2.12. The van der Waals surface area contributed by atoms with Gasteiger partial charge in [-0.1, -0.05) is 37.6 Å². The lowest BCUT2D eigenvalue weighted by Crippen LogP contribution is -2.20. The number of H-pyrrole nitrogens is 1. The van der Waals surface area contributed by atoms with E-state index in [1.54, 1.807) is 16.0 Å². The maximum Gasteiger partial charge on any atom is 0.280 e. The number of benzene rings is 1. The maximum absolute atomic E-state index is 13.0. The minimum atomic E-state index is -0.0213. The highest BCUT2D eigenvalue weighted by Gasteiger charge is 2.17. The van der Waals surface area contributed by atoms with Gasteiger partial charge >= 0.3 is 0 Å². The molecular weight excluding hydrogens is 330 g/mol. The van der Waals surface area contributed by atoms with Gasteiger partial charge in [-0.25, -0.2) is 4.68 Å². The number of hydrogen-bond donors (Lipinski definition) is 1. The predicted molar refractivity (Wildman–Crippen MR) is 105 cm³/mol. The van der Waals surface area contributed by atoms with Crippen LogP contribution in [0.25, 0.3) is 5.69 Å². The van der Waals surface area contributed by atoms with E-state index in [1.165, 1.54) is 4.88 Å². The van der Waals surface area contributed by atoms with Gasteiger partial charge in [-0.05, 0) is 36.9 Å². The Kier molecular flexibility index (Phi) is 5.66. The minimum Gasteiger partial charge on any atom is -0.294 e. The number of hydrogen-bond acceptors (Lipinski definition) is 3. The second-order valence-electron chi connectivity index (χ2n) is 5.99. The van der Waals surface area contributed by atoms with E-state index in [0.29, 0.717) is 6.54 Å². The largest absolute Gasteiger partial charge is 0.294 e. The van der Waals surface area contributed by atoms with Crippen LogP contribution in [0.1, 0.15) is 36.4 Å². The van der Waals surface area contributed by atoms with Crippen molar-refractivity contribution in [2.75, 3.05) is 6.54 Å². The number of aryl methyl sites for hydroxylation is 1. The van der Waals surface area contributed by atoms with Crippen LogP contribution in [0.3, 0.4) is 0 Å². The third-order valence-electron chi connectivity index (χ3n) is 4.13. The number of nitrogens with one attached hydrogen (secondary N) is 1. The SMILES string of the molecule is CCCc1[nH]n(-c2ccccc2)c(=O)c1C(C)=NCCc1cccs1. The second kappa shape index (κ2) is 8.12. The van der Waals surface area contributed by atoms with Gasteiger partial charge in [-0.2, -0.15) is 0 Å². The summed E-state index contributed by atoms with van der Waals surface area (Å²) >= 11 is 1.74. The normalized spacial score (nSPS) is 11.8. The van der Waals surface area contributed by atoms with E-state index in [4.69, 9.17) is 0 Å². The monoisotopic (exact) mass is 353 g/mol. The van der Waals surface area contributed by atoms with Gasteiger partial charge in [0.05, 0.1) is 11.3 Å². The Labute approximate surface area is 151 Å². The number of aromatic amines is 1. The molecule has 0 aliphatic heterocycles. The molecule has 4 nitrogen and oxygen atoms in total. The molecule has 0 fully saturated rings. The highest BCUT2D eigenvalue weighted by atomic mass is 32.1. The fourth-order valence-electron chi connectivity index (χ4n) is 2.91. The van der Waals surface area contributed by atoms with Crippen molar-refractivity contribution in [1.82, 2.24) is 9.78 Å². The van der Waals surface area contributed by atoms with Crippen LogP contribution < -0.4 is 5.56 Å². The molecule has 0 radical (unpaired) electrons. The average Bonchev–Trinajstić information content (AvgIpc) is 3.24. The van der Waals surface area contributed by atoms with Gasteiger partial charge in [0, 0.05) is 29.2 Å². The van der Waals surface area contributed by atoms with Crippen molar-refractivity contribution in [1.29, 1.82) is 0 Å². The molecule has 0 atom stereocenters. The number of thiophene rings is 1. The molecule has 0 saturated heterocycles. The lowest BCUT2D eigenvalue weighted by molar-refractivity contribution is 0.793. The minimum absolute atomic E-state index is 0.0213. The van der Waals surface area contributed by atoms with Gasteiger partial charge in [-0.3, -0.25) is 14.9 Å². The van der Waals surface area contributed by atoms with Crippen LogP contribution in [-0.2, 0) is 12.8 Å².